The largest absolute Gasteiger partial charge is 0.483 e. The van der Waals surface area contributed by atoms with E-state index in [9.17, 15) is 9.59 Å². The van der Waals surface area contributed by atoms with E-state index in [0.717, 1.165) is 32.8 Å². The van der Waals surface area contributed by atoms with Gasteiger partial charge in [0.25, 0.3) is 5.91 Å². The fourth-order valence-electron chi connectivity index (χ4n) is 3.88. The molecular formula is C28H33BrN2O3. The second-order valence-electron chi connectivity index (χ2n) is 8.58. The standard InChI is InChI=1S/C28H33BrN2O3/c1-5-20(4)30-28(33)24(6-2)31(17-22-13-8-7-11-19(22)3)26(32)18-34-25-16-15-21-12-9-10-14-23(21)27(25)29/h7-16,20,24H,5-6,17-18H2,1-4H3,(H,30,33). The Hall–Kier alpha value is -2.86. The summed E-state index contributed by atoms with van der Waals surface area (Å²) in [6, 6.07) is 19.2. The highest BCUT2D eigenvalue weighted by atomic mass is 79.9. The molecule has 0 aromatic heterocycles. The molecule has 0 aliphatic carbocycles. The Labute approximate surface area is 210 Å². The van der Waals surface area contributed by atoms with E-state index in [4.69, 9.17) is 4.74 Å². The summed E-state index contributed by atoms with van der Waals surface area (Å²) in [5, 5.41) is 5.14. The van der Waals surface area contributed by atoms with Gasteiger partial charge in [-0.3, -0.25) is 9.59 Å². The molecule has 5 nitrogen and oxygen atoms in total. The molecule has 0 saturated carbocycles. The Morgan fingerprint density at radius 1 is 1.00 bits per heavy atom. The van der Waals surface area contributed by atoms with Crippen LogP contribution in [0.4, 0.5) is 0 Å². The van der Waals surface area contributed by atoms with E-state index >= 15 is 0 Å². The van der Waals surface area contributed by atoms with Crippen molar-refractivity contribution in [2.24, 2.45) is 0 Å². The van der Waals surface area contributed by atoms with Gasteiger partial charge >= 0.3 is 0 Å². The molecule has 0 saturated heterocycles. The lowest BCUT2D eigenvalue weighted by molar-refractivity contribution is -0.143. The molecule has 0 heterocycles. The number of benzene rings is 3. The van der Waals surface area contributed by atoms with Crippen LogP contribution in [0.15, 0.2) is 65.1 Å². The van der Waals surface area contributed by atoms with Crippen LogP contribution in [0.2, 0.25) is 0 Å². The van der Waals surface area contributed by atoms with Gasteiger partial charge in [0.1, 0.15) is 11.8 Å². The Kier molecular flexibility index (Phi) is 9.11. The molecule has 0 spiro atoms. The quantitative estimate of drug-likeness (QED) is 0.353. The summed E-state index contributed by atoms with van der Waals surface area (Å²) >= 11 is 3.62. The fraction of sp³-hybridized carbons (Fsp3) is 0.357. The predicted octanol–water partition coefficient (Wildman–Crippen LogP) is 6.01. The zero-order chi connectivity index (χ0) is 24.7. The van der Waals surface area contributed by atoms with Gasteiger partial charge < -0.3 is 15.0 Å². The van der Waals surface area contributed by atoms with Gasteiger partial charge in [0.2, 0.25) is 5.91 Å². The monoisotopic (exact) mass is 524 g/mol. The molecule has 34 heavy (non-hydrogen) atoms. The van der Waals surface area contributed by atoms with Crippen molar-refractivity contribution in [1.82, 2.24) is 10.2 Å². The van der Waals surface area contributed by atoms with E-state index in [1.807, 2.05) is 88.4 Å². The summed E-state index contributed by atoms with van der Waals surface area (Å²) in [5.74, 6) is 0.236. The molecule has 2 atom stereocenters. The molecule has 0 fully saturated rings. The maximum absolute atomic E-state index is 13.5. The normalized spacial score (nSPS) is 12.7. The highest BCUT2D eigenvalue weighted by Crippen LogP contribution is 2.33. The van der Waals surface area contributed by atoms with Crippen molar-refractivity contribution in [3.05, 3.63) is 76.3 Å². The van der Waals surface area contributed by atoms with Crippen LogP contribution >= 0.6 is 15.9 Å². The summed E-state index contributed by atoms with van der Waals surface area (Å²) in [6.07, 6.45) is 1.34. The number of hydrogen-bond acceptors (Lipinski definition) is 3. The highest BCUT2D eigenvalue weighted by Gasteiger charge is 2.30. The Balaban J connectivity index is 1.84. The minimum atomic E-state index is -0.579. The van der Waals surface area contributed by atoms with Gasteiger partial charge in [-0.05, 0) is 70.6 Å². The van der Waals surface area contributed by atoms with E-state index in [2.05, 4.69) is 21.2 Å². The Bertz CT molecular complexity index is 1150. The zero-order valence-corrected chi connectivity index (χ0v) is 21.9. The van der Waals surface area contributed by atoms with Gasteiger partial charge in [0.05, 0.1) is 4.47 Å². The van der Waals surface area contributed by atoms with E-state index in [1.54, 1.807) is 4.90 Å². The van der Waals surface area contributed by atoms with E-state index < -0.39 is 6.04 Å². The van der Waals surface area contributed by atoms with Crippen LogP contribution in [0, 0.1) is 6.92 Å². The van der Waals surface area contributed by atoms with E-state index in [0.29, 0.717) is 18.7 Å². The van der Waals surface area contributed by atoms with Crippen molar-refractivity contribution in [2.45, 2.75) is 59.2 Å². The molecule has 2 unspecified atom stereocenters. The molecule has 3 rings (SSSR count). The van der Waals surface area contributed by atoms with Gasteiger partial charge in [-0.1, -0.05) is 68.4 Å². The summed E-state index contributed by atoms with van der Waals surface area (Å²) in [4.78, 5) is 28.2. The first-order valence-corrected chi connectivity index (χ1v) is 12.6. The van der Waals surface area contributed by atoms with Gasteiger partial charge in [-0.25, -0.2) is 0 Å². The van der Waals surface area contributed by atoms with E-state index in [1.165, 1.54) is 0 Å². The van der Waals surface area contributed by atoms with Crippen LogP contribution in [0.3, 0.4) is 0 Å². The maximum Gasteiger partial charge on any atom is 0.261 e. The minimum Gasteiger partial charge on any atom is -0.483 e. The Morgan fingerprint density at radius 3 is 2.41 bits per heavy atom. The molecular weight excluding hydrogens is 492 g/mol. The first-order chi connectivity index (χ1) is 16.3. The average Bonchev–Trinajstić information content (AvgIpc) is 2.84. The van der Waals surface area contributed by atoms with Gasteiger partial charge in [0, 0.05) is 12.6 Å². The number of fused-ring (bicyclic) bond motifs is 1. The van der Waals surface area contributed by atoms with Crippen molar-refractivity contribution < 1.29 is 14.3 Å². The second-order valence-corrected chi connectivity index (χ2v) is 9.37. The lowest BCUT2D eigenvalue weighted by Gasteiger charge is -2.31. The van der Waals surface area contributed by atoms with Crippen LogP contribution in [0.25, 0.3) is 10.8 Å². The average molecular weight is 525 g/mol. The number of hydrogen-bond donors (Lipinski definition) is 1. The third kappa shape index (κ3) is 6.17. The van der Waals surface area contributed by atoms with Gasteiger partial charge in [-0.2, -0.15) is 0 Å². The lowest BCUT2D eigenvalue weighted by atomic mass is 10.1. The number of halogens is 1. The number of carbonyl (C=O) groups excluding carboxylic acids is 2. The number of ether oxygens (including phenoxy) is 1. The molecule has 1 N–H and O–H groups in total. The number of nitrogens with zero attached hydrogens (tertiary/aromatic N) is 1. The first kappa shape index (κ1) is 25.8. The van der Waals surface area contributed by atoms with Gasteiger partial charge in [-0.15, -0.1) is 0 Å². The molecule has 6 heteroatoms. The minimum absolute atomic E-state index is 0.0433. The van der Waals surface area contributed by atoms with Gasteiger partial charge in [0.15, 0.2) is 6.61 Å². The van der Waals surface area contributed by atoms with Crippen molar-refractivity contribution >= 4 is 38.5 Å². The molecule has 3 aromatic rings. The Morgan fingerprint density at radius 2 is 1.71 bits per heavy atom. The van der Waals surface area contributed by atoms with E-state index in [-0.39, 0.29) is 24.5 Å². The summed E-state index contributed by atoms with van der Waals surface area (Å²) in [5.41, 5.74) is 2.09. The molecule has 2 amide bonds. The fourth-order valence-corrected chi connectivity index (χ4v) is 4.49. The summed E-state index contributed by atoms with van der Waals surface area (Å²) in [7, 11) is 0. The second kappa shape index (κ2) is 12.0. The van der Waals surface area contributed by atoms with Crippen LogP contribution in [0.5, 0.6) is 5.75 Å². The number of nitrogens with one attached hydrogen (secondary N) is 1. The van der Waals surface area contributed by atoms with Crippen LogP contribution < -0.4 is 10.1 Å². The smallest absolute Gasteiger partial charge is 0.261 e. The zero-order valence-electron chi connectivity index (χ0n) is 20.3. The number of carbonyl (C=O) groups is 2. The molecule has 180 valence electrons. The molecule has 0 aliphatic rings. The molecule has 0 bridgehead atoms. The topological polar surface area (TPSA) is 58.6 Å². The predicted molar refractivity (Wildman–Crippen MR) is 141 cm³/mol. The SMILES string of the molecule is CCC(C)NC(=O)C(CC)N(Cc1ccccc1C)C(=O)COc1ccc2ccccc2c1Br. The number of aryl methyl sites for hydroxylation is 1. The van der Waals surface area contributed by atoms with Crippen molar-refractivity contribution in [2.75, 3.05) is 6.61 Å². The molecule has 3 aromatic carbocycles. The van der Waals surface area contributed by atoms with Crippen LogP contribution in [-0.2, 0) is 16.1 Å². The summed E-state index contributed by atoms with van der Waals surface area (Å²) < 4.78 is 6.77. The van der Waals surface area contributed by atoms with Crippen LogP contribution in [0.1, 0.15) is 44.7 Å². The third-order valence-electron chi connectivity index (χ3n) is 6.17. The lowest BCUT2D eigenvalue weighted by Crippen LogP contribution is -2.51. The van der Waals surface area contributed by atoms with Crippen molar-refractivity contribution in [1.29, 1.82) is 0 Å². The summed E-state index contributed by atoms with van der Waals surface area (Å²) in [6.45, 7) is 8.13. The first-order valence-electron chi connectivity index (χ1n) is 11.8. The number of rotatable bonds is 10. The van der Waals surface area contributed by atoms with Crippen LogP contribution in [-0.4, -0.2) is 35.4 Å². The third-order valence-corrected chi connectivity index (χ3v) is 6.99. The van der Waals surface area contributed by atoms with Crippen molar-refractivity contribution in [3.8, 4) is 5.75 Å². The van der Waals surface area contributed by atoms with Crippen molar-refractivity contribution in [3.63, 3.8) is 0 Å². The maximum atomic E-state index is 13.5. The highest BCUT2D eigenvalue weighted by molar-refractivity contribution is 9.10. The molecule has 0 aliphatic heterocycles. The molecule has 0 radical (unpaired) electrons. The number of amides is 2.